The lowest BCUT2D eigenvalue weighted by Crippen LogP contribution is -2.34. The van der Waals surface area contributed by atoms with E-state index in [4.69, 9.17) is 15.2 Å². The fourth-order valence-corrected chi connectivity index (χ4v) is 2.82. The number of esters is 1. The molecule has 0 aliphatic heterocycles. The first kappa shape index (κ1) is 17.7. The molecule has 0 spiro atoms. The van der Waals surface area contributed by atoms with Gasteiger partial charge in [-0.3, -0.25) is 9.36 Å². The lowest BCUT2D eigenvalue weighted by atomic mass is 10.1. The fourth-order valence-electron chi connectivity index (χ4n) is 2.82. The lowest BCUT2D eigenvalue weighted by Gasteiger charge is -2.11. The molecule has 134 valence electrons. The second-order valence-corrected chi connectivity index (χ2v) is 5.92. The molecule has 0 aliphatic rings. The minimum atomic E-state index is -0.824. The number of fused-ring (bicyclic) bond motifs is 1. The summed E-state index contributed by atoms with van der Waals surface area (Å²) >= 11 is 0. The van der Waals surface area contributed by atoms with Gasteiger partial charge >= 0.3 is 12.1 Å². The molecular weight excluding hydrogens is 332 g/mol. The van der Waals surface area contributed by atoms with Crippen molar-refractivity contribution >= 4 is 23.0 Å². The molecule has 0 aliphatic carbocycles. The van der Waals surface area contributed by atoms with Crippen molar-refractivity contribution in [3.05, 3.63) is 71.9 Å². The fraction of sp³-hybridized carbons (Fsp3) is 0.200. The first-order chi connectivity index (χ1) is 12.6. The Hall–Kier alpha value is -3.12. The molecule has 1 atom stereocenters. The van der Waals surface area contributed by atoms with Gasteiger partial charge in [0, 0.05) is 18.0 Å². The van der Waals surface area contributed by atoms with Crippen LogP contribution in [0, 0.1) is 0 Å². The van der Waals surface area contributed by atoms with Gasteiger partial charge in [0.05, 0.1) is 12.6 Å². The number of benzene rings is 2. The van der Waals surface area contributed by atoms with E-state index in [9.17, 15) is 9.59 Å². The molecule has 0 saturated carbocycles. The summed E-state index contributed by atoms with van der Waals surface area (Å²) in [6.07, 6.45) is 1.42. The number of hydrogen-bond donors (Lipinski definition) is 1. The van der Waals surface area contributed by atoms with Crippen LogP contribution < -0.4 is 5.73 Å². The molecule has 6 nitrogen and oxygen atoms in total. The van der Waals surface area contributed by atoms with Crippen molar-refractivity contribution in [2.45, 2.75) is 19.1 Å². The first-order valence-electron chi connectivity index (χ1n) is 8.23. The third-order valence-corrected chi connectivity index (χ3v) is 4.13. The van der Waals surface area contributed by atoms with Crippen molar-refractivity contribution < 1.29 is 19.1 Å². The molecule has 26 heavy (non-hydrogen) atoms. The number of methoxy groups -OCH3 is 1. The molecule has 6 heteroatoms. The second kappa shape index (κ2) is 7.84. The summed E-state index contributed by atoms with van der Waals surface area (Å²) in [7, 11) is 1.32. The molecule has 0 unspecified atom stereocenters. The zero-order chi connectivity index (χ0) is 18.5. The van der Waals surface area contributed by atoms with Crippen molar-refractivity contribution in [1.82, 2.24) is 4.57 Å². The molecule has 2 N–H and O–H groups in total. The van der Waals surface area contributed by atoms with E-state index in [0.29, 0.717) is 5.52 Å². The van der Waals surface area contributed by atoms with Crippen molar-refractivity contribution in [2.24, 2.45) is 5.73 Å². The molecule has 0 bridgehead atoms. The van der Waals surface area contributed by atoms with Crippen molar-refractivity contribution in [1.29, 1.82) is 0 Å². The monoisotopic (exact) mass is 352 g/mol. The Kier molecular flexibility index (Phi) is 5.34. The van der Waals surface area contributed by atoms with Crippen molar-refractivity contribution in [3.8, 4) is 0 Å². The largest absolute Gasteiger partial charge is 0.460 e. The molecule has 0 saturated heterocycles. The highest BCUT2D eigenvalue weighted by Gasteiger charge is 2.20. The Morgan fingerprint density at radius 3 is 2.50 bits per heavy atom. The van der Waals surface area contributed by atoms with E-state index < -0.39 is 18.1 Å². The Labute approximate surface area is 151 Å². The maximum Gasteiger partial charge on any atom is 0.418 e. The number of aromatic nitrogens is 1. The van der Waals surface area contributed by atoms with Crippen LogP contribution in [0.3, 0.4) is 0 Å². The number of carbonyl (C=O) groups excluding carboxylic acids is 2. The average molecular weight is 352 g/mol. The summed E-state index contributed by atoms with van der Waals surface area (Å²) in [5.41, 5.74) is 8.42. The van der Waals surface area contributed by atoms with Gasteiger partial charge in [-0.25, -0.2) is 4.79 Å². The molecule has 2 aromatic carbocycles. The predicted octanol–water partition coefficient (Wildman–Crippen LogP) is 2.87. The maximum absolute atomic E-state index is 12.2. The van der Waals surface area contributed by atoms with Gasteiger partial charge in [-0.05, 0) is 17.2 Å². The molecule has 0 radical (unpaired) electrons. The summed E-state index contributed by atoms with van der Waals surface area (Å²) in [5, 5.41) is 0.851. The van der Waals surface area contributed by atoms with Crippen LogP contribution in [-0.2, 0) is 27.3 Å². The maximum atomic E-state index is 12.2. The Bertz CT molecular complexity index is 918. The van der Waals surface area contributed by atoms with Gasteiger partial charge in [-0.15, -0.1) is 0 Å². The van der Waals surface area contributed by atoms with Crippen molar-refractivity contribution in [2.75, 3.05) is 7.11 Å². The minimum Gasteiger partial charge on any atom is -0.460 e. The summed E-state index contributed by atoms with van der Waals surface area (Å²) in [4.78, 5) is 24.1. The number of carbonyl (C=O) groups is 2. The van der Waals surface area contributed by atoms with Crippen LogP contribution in [0.15, 0.2) is 60.8 Å². The number of nitrogens with two attached hydrogens (primary N) is 1. The Morgan fingerprint density at radius 1 is 1.08 bits per heavy atom. The Morgan fingerprint density at radius 2 is 1.77 bits per heavy atom. The number of nitrogens with zero attached hydrogens (tertiary/aromatic N) is 1. The third kappa shape index (κ3) is 3.75. The highest BCUT2D eigenvalue weighted by Crippen LogP contribution is 2.23. The van der Waals surface area contributed by atoms with E-state index in [1.54, 1.807) is 6.20 Å². The van der Waals surface area contributed by atoms with Crippen LogP contribution >= 0.6 is 0 Å². The van der Waals surface area contributed by atoms with Gasteiger partial charge in [0.25, 0.3) is 0 Å². The summed E-state index contributed by atoms with van der Waals surface area (Å²) in [5.74, 6) is -0.483. The van der Waals surface area contributed by atoms with Gasteiger partial charge < -0.3 is 15.2 Å². The summed E-state index contributed by atoms with van der Waals surface area (Å²) < 4.78 is 11.5. The SMILES string of the molecule is COC(=O)n1cc(C[C@@H](N)C(=O)OCc2ccccc2)c2ccccc21. The number of ether oxygens (including phenoxy) is 2. The highest BCUT2D eigenvalue weighted by molar-refractivity contribution is 5.92. The normalized spacial score (nSPS) is 11.9. The van der Waals surface area contributed by atoms with Gasteiger partial charge in [-0.1, -0.05) is 48.5 Å². The molecule has 1 aromatic heterocycles. The topological polar surface area (TPSA) is 83.5 Å². The van der Waals surface area contributed by atoms with Gasteiger partial charge in [0.2, 0.25) is 0 Å². The standard InChI is InChI=1S/C20H20N2O4/c1-25-20(24)22-12-15(16-9-5-6-10-18(16)22)11-17(21)19(23)26-13-14-7-3-2-4-8-14/h2-10,12,17H,11,13,21H2,1H3/t17-/m1/s1. The molecular formula is C20H20N2O4. The van der Waals surface area contributed by atoms with E-state index in [1.807, 2.05) is 54.6 Å². The van der Waals surface area contributed by atoms with Crippen LogP contribution in [0.5, 0.6) is 0 Å². The Balaban J connectivity index is 1.73. The second-order valence-electron chi connectivity index (χ2n) is 5.92. The third-order valence-electron chi connectivity index (χ3n) is 4.13. The van der Waals surface area contributed by atoms with Gasteiger partial charge in [-0.2, -0.15) is 0 Å². The highest BCUT2D eigenvalue weighted by atomic mass is 16.5. The van der Waals surface area contributed by atoms with Crippen molar-refractivity contribution in [3.63, 3.8) is 0 Å². The van der Waals surface area contributed by atoms with Gasteiger partial charge in [0.1, 0.15) is 12.6 Å². The molecule has 3 aromatic rings. The minimum absolute atomic E-state index is 0.178. The number of para-hydroxylation sites is 1. The van der Waals surface area contributed by atoms with Gasteiger partial charge in [0.15, 0.2) is 0 Å². The quantitative estimate of drug-likeness (QED) is 0.714. The van der Waals surface area contributed by atoms with Crippen LogP contribution in [-0.4, -0.2) is 29.8 Å². The van der Waals surface area contributed by atoms with Crippen LogP contribution in [0.2, 0.25) is 0 Å². The predicted molar refractivity (Wildman–Crippen MR) is 97.7 cm³/mol. The molecule has 3 rings (SSSR count). The summed E-state index contributed by atoms with van der Waals surface area (Å²) in [6.45, 7) is 0.178. The van der Waals surface area contributed by atoms with E-state index in [2.05, 4.69) is 0 Å². The zero-order valence-electron chi connectivity index (χ0n) is 14.4. The molecule has 0 fully saturated rings. The van der Waals surface area contributed by atoms with Crippen LogP contribution in [0.1, 0.15) is 11.1 Å². The molecule has 0 amide bonds. The average Bonchev–Trinajstić information content (AvgIpc) is 3.05. The zero-order valence-corrected chi connectivity index (χ0v) is 14.4. The summed E-state index contributed by atoms with van der Waals surface area (Å²) in [6, 6.07) is 16.0. The van der Waals surface area contributed by atoms with E-state index in [-0.39, 0.29) is 13.0 Å². The van der Waals surface area contributed by atoms with E-state index in [1.165, 1.54) is 11.7 Å². The van der Waals surface area contributed by atoms with Crippen LogP contribution in [0.4, 0.5) is 4.79 Å². The first-order valence-corrected chi connectivity index (χ1v) is 8.23. The lowest BCUT2D eigenvalue weighted by molar-refractivity contribution is -0.146. The number of rotatable bonds is 5. The smallest absolute Gasteiger partial charge is 0.418 e. The molecule has 1 heterocycles. The van der Waals surface area contributed by atoms with Crippen LogP contribution in [0.25, 0.3) is 10.9 Å². The van der Waals surface area contributed by atoms with E-state index >= 15 is 0 Å². The van der Waals surface area contributed by atoms with E-state index in [0.717, 1.165) is 16.5 Å². The number of hydrogen-bond acceptors (Lipinski definition) is 5.